The number of sulfone groups is 1. The first-order valence-corrected chi connectivity index (χ1v) is 10.3. The highest BCUT2D eigenvalue weighted by Crippen LogP contribution is 2.19. The van der Waals surface area contributed by atoms with Crippen LogP contribution in [0.15, 0.2) is 35.2 Å². The van der Waals surface area contributed by atoms with Crippen molar-refractivity contribution in [1.29, 1.82) is 0 Å². The summed E-state index contributed by atoms with van der Waals surface area (Å²) in [7, 11) is -1.76. The van der Waals surface area contributed by atoms with Gasteiger partial charge in [0.2, 0.25) is 5.91 Å². The van der Waals surface area contributed by atoms with Crippen LogP contribution < -0.4 is 0 Å². The molecule has 1 aromatic rings. The Labute approximate surface area is 150 Å². The highest BCUT2D eigenvalue weighted by Gasteiger charge is 2.24. The van der Waals surface area contributed by atoms with Gasteiger partial charge in [0, 0.05) is 33.2 Å². The summed E-state index contributed by atoms with van der Waals surface area (Å²) in [5.41, 5.74) is 0. The molecule has 1 aliphatic heterocycles. The zero-order valence-electron chi connectivity index (χ0n) is 14.7. The van der Waals surface area contributed by atoms with Crippen molar-refractivity contribution in [3.05, 3.63) is 30.3 Å². The number of benzene rings is 1. The zero-order chi connectivity index (χ0) is 18.1. The van der Waals surface area contributed by atoms with E-state index in [0.29, 0.717) is 38.8 Å². The average Bonchev–Trinajstić information content (AvgIpc) is 2.64. The Morgan fingerprint density at radius 3 is 2.48 bits per heavy atom. The maximum absolute atomic E-state index is 12.3. The van der Waals surface area contributed by atoms with Crippen LogP contribution in [0, 0.1) is 5.92 Å². The maximum Gasteiger partial charge on any atom is 0.223 e. The van der Waals surface area contributed by atoms with Gasteiger partial charge in [-0.25, -0.2) is 8.42 Å². The molecular formula is C18H27NO5S. The summed E-state index contributed by atoms with van der Waals surface area (Å²) in [5, 5.41) is 0. The van der Waals surface area contributed by atoms with Crippen molar-refractivity contribution in [2.24, 2.45) is 5.92 Å². The van der Waals surface area contributed by atoms with Crippen LogP contribution in [-0.2, 0) is 24.1 Å². The fourth-order valence-corrected chi connectivity index (χ4v) is 4.12. The summed E-state index contributed by atoms with van der Waals surface area (Å²) >= 11 is 0. The van der Waals surface area contributed by atoms with Gasteiger partial charge in [-0.3, -0.25) is 4.79 Å². The van der Waals surface area contributed by atoms with Gasteiger partial charge >= 0.3 is 0 Å². The Morgan fingerprint density at radius 1 is 1.16 bits per heavy atom. The van der Waals surface area contributed by atoms with Crippen LogP contribution in [0.1, 0.15) is 19.3 Å². The molecule has 1 heterocycles. The predicted molar refractivity (Wildman–Crippen MR) is 95.1 cm³/mol. The molecule has 0 spiro atoms. The molecule has 1 aromatic carbocycles. The van der Waals surface area contributed by atoms with Crippen molar-refractivity contribution in [2.45, 2.75) is 24.2 Å². The molecule has 0 bridgehead atoms. The third kappa shape index (κ3) is 6.41. The standard InChI is InChI=1S/C18H27NO5S/c1-23-12-13-24-15-16-7-10-19(11-8-16)18(20)9-14-25(21,22)17-5-3-2-4-6-17/h2-6,16H,7-15H2,1H3. The number of carbonyl (C=O) groups is 1. The summed E-state index contributed by atoms with van der Waals surface area (Å²) in [6, 6.07) is 8.28. The zero-order valence-corrected chi connectivity index (χ0v) is 15.5. The molecule has 0 saturated carbocycles. The Morgan fingerprint density at radius 2 is 1.84 bits per heavy atom. The lowest BCUT2D eigenvalue weighted by molar-refractivity contribution is -0.132. The summed E-state index contributed by atoms with van der Waals surface area (Å²) in [5.74, 6) is 0.225. The van der Waals surface area contributed by atoms with Crippen molar-refractivity contribution in [1.82, 2.24) is 4.90 Å². The van der Waals surface area contributed by atoms with Gasteiger partial charge in [-0.1, -0.05) is 18.2 Å². The third-order valence-electron chi connectivity index (χ3n) is 4.44. The average molecular weight is 369 g/mol. The van der Waals surface area contributed by atoms with Gasteiger partial charge in [0.15, 0.2) is 9.84 Å². The van der Waals surface area contributed by atoms with Crippen LogP contribution in [0.4, 0.5) is 0 Å². The van der Waals surface area contributed by atoms with Crippen LogP contribution >= 0.6 is 0 Å². The molecule has 25 heavy (non-hydrogen) atoms. The Hall–Kier alpha value is -1.44. The van der Waals surface area contributed by atoms with E-state index in [1.165, 1.54) is 0 Å². The lowest BCUT2D eigenvalue weighted by Crippen LogP contribution is -2.40. The van der Waals surface area contributed by atoms with E-state index in [-0.39, 0.29) is 23.0 Å². The van der Waals surface area contributed by atoms with Gasteiger partial charge in [0.1, 0.15) is 0 Å². The normalized spacial score (nSPS) is 16.1. The van der Waals surface area contributed by atoms with E-state index in [0.717, 1.165) is 12.8 Å². The predicted octanol–water partition coefficient (Wildman–Crippen LogP) is 1.75. The van der Waals surface area contributed by atoms with E-state index in [9.17, 15) is 13.2 Å². The van der Waals surface area contributed by atoms with Crippen molar-refractivity contribution in [2.75, 3.05) is 45.8 Å². The van der Waals surface area contributed by atoms with E-state index in [2.05, 4.69) is 0 Å². The molecule has 6 nitrogen and oxygen atoms in total. The van der Waals surface area contributed by atoms with Crippen molar-refractivity contribution in [3.8, 4) is 0 Å². The molecule has 0 aliphatic carbocycles. The van der Waals surface area contributed by atoms with Gasteiger partial charge in [-0.2, -0.15) is 0 Å². The number of hydrogen-bond acceptors (Lipinski definition) is 5. The molecule has 0 unspecified atom stereocenters. The molecule has 1 fully saturated rings. The van der Waals surface area contributed by atoms with Crippen LogP contribution in [0.25, 0.3) is 0 Å². The molecule has 1 aliphatic rings. The SMILES string of the molecule is COCCOCC1CCN(C(=O)CCS(=O)(=O)c2ccccc2)CC1. The largest absolute Gasteiger partial charge is 0.382 e. The number of amides is 1. The Kier molecular flexibility index (Phi) is 7.87. The van der Waals surface area contributed by atoms with Crippen LogP contribution in [0.2, 0.25) is 0 Å². The first-order valence-electron chi connectivity index (χ1n) is 8.65. The number of piperidine rings is 1. The number of ether oxygens (including phenoxy) is 2. The summed E-state index contributed by atoms with van der Waals surface area (Å²) < 4.78 is 35.0. The van der Waals surface area contributed by atoms with E-state index in [1.54, 1.807) is 42.3 Å². The molecule has 0 aromatic heterocycles. The third-order valence-corrected chi connectivity index (χ3v) is 6.17. The van der Waals surface area contributed by atoms with Gasteiger partial charge in [0.05, 0.1) is 23.9 Å². The molecule has 2 rings (SSSR count). The van der Waals surface area contributed by atoms with Crippen molar-refractivity contribution < 1.29 is 22.7 Å². The Bertz CT molecular complexity index is 624. The van der Waals surface area contributed by atoms with Crippen molar-refractivity contribution in [3.63, 3.8) is 0 Å². The monoisotopic (exact) mass is 369 g/mol. The topological polar surface area (TPSA) is 72.9 Å². The lowest BCUT2D eigenvalue weighted by atomic mass is 9.97. The first-order chi connectivity index (χ1) is 12.0. The highest BCUT2D eigenvalue weighted by molar-refractivity contribution is 7.91. The smallest absolute Gasteiger partial charge is 0.223 e. The fourth-order valence-electron chi connectivity index (χ4n) is 2.87. The minimum absolute atomic E-state index is 0.0340. The van der Waals surface area contributed by atoms with Gasteiger partial charge in [-0.15, -0.1) is 0 Å². The number of likely N-dealkylation sites (tertiary alicyclic amines) is 1. The van der Waals surface area contributed by atoms with Crippen LogP contribution in [0.3, 0.4) is 0 Å². The highest BCUT2D eigenvalue weighted by atomic mass is 32.2. The van der Waals surface area contributed by atoms with E-state index in [4.69, 9.17) is 9.47 Å². The second kappa shape index (κ2) is 9.89. The number of carbonyl (C=O) groups excluding carboxylic acids is 1. The molecule has 0 N–H and O–H groups in total. The summed E-state index contributed by atoms with van der Waals surface area (Å²) in [6.45, 7) is 3.21. The number of methoxy groups -OCH3 is 1. The fraction of sp³-hybridized carbons (Fsp3) is 0.611. The van der Waals surface area contributed by atoms with Crippen LogP contribution in [-0.4, -0.2) is 65.0 Å². The van der Waals surface area contributed by atoms with E-state index in [1.807, 2.05) is 0 Å². The van der Waals surface area contributed by atoms with Crippen molar-refractivity contribution >= 4 is 15.7 Å². The second-order valence-electron chi connectivity index (χ2n) is 6.27. The van der Waals surface area contributed by atoms with Gasteiger partial charge < -0.3 is 14.4 Å². The molecule has 0 radical (unpaired) electrons. The molecule has 140 valence electrons. The summed E-state index contributed by atoms with van der Waals surface area (Å²) in [6.07, 6.45) is 1.82. The quantitative estimate of drug-likeness (QED) is 0.620. The number of hydrogen-bond donors (Lipinski definition) is 0. The number of nitrogens with zero attached hydrogens (tertiary/aromatic N) is 1. The van der Waals surface area contributed by atoms with E-state index < -0.39 is 9.84 Å². The maximum atomic E-state index is 12.3. The number of rotatable bonds is 9. The van der Waals surface area contributed by atoms with Crippen LogP contribution in [0.5, 0.6) is 0 Å². The molecule has 1 amide bonds. The van der Waals surface area contributed by atoms with E-state index >= 15 is 0 Å². The molecule has 7 heteroatoms. The molecule has 0 atom stereocenters. The van der Waals surface area contributed by atoms with Gasteiger partial charge in [-0.05, 0) is 30.9 Å². The molecule has 1 saturated heterocycles. The minimum atomic E-state index is -3.40. The molecular weight excluding hydrogens is 342 g/mol. The Balaban J connectivity index is 1.72. The summed E-state index contributed by atoms with van der Waals surface area (Å²) in [4.78, 5) is 14.3. The lowest BCUT2D eigenvalue weighted by Gasteiger charge is -2.32. The first kappa shape index (κ1) is 19.9. The van der Waals surface area contributed by atoms with Gasteiger partial charge in [0.25, 0.3) is 0 Å². The minimum Gasteiger partial charge on any atom is -0.382 e. The second-order valence-corrected chi connectivity index (χ2v) is 8.38.